The number of carbonyl (C=O) groups excluding carboxylic acids is 2. The van der Waals surface area contributed by atoms with Crippen LogP contribution >= 0.6 is 0 Å². The third kappa shape index (κ3) is 11.3. The number of ether oxygens (including phenoxy) is 1. The normalized spacial score (nSPS) is 10.7. The van der Waals surface area contributed by atoms with Crippen molar-refractivity contribution in [2.75, 3.05) is 13.2 Å². The van der Waals surface area contributed by atoms with Gasteiger partial charge in [-0.1, -0.05) is 25.7 Å². The van der Waals surface area contributed by atoms with Gasteiger partial charge in [0.2, 0.25) is 0 Å². The lowest BCUT2D eigenvalue weighted by Gasteiger charge is -1.98. The van der Waals surface area contributed by atoms with Crippen molar-refractivity contribution in [2.45, 2.75) is 45.4 Å². The Morgan fingerprint density at radius 2 is 1.89 bits per heavy atom. The lowest BCUT2D eigenvalue weighted by atomic mass is 10.1. The van der Waals surface area contributed by atoms with Gasteiger partial charge in [-0.05, 0) is 31.8 Å². The summed E-state index contributed by atoms with van der Waals surface area (Å²) in [5.74, 6) is 0.269. The highest BCUT2D eigenvalue weighted by Gasteiger charge is 1.98. The molecule has 18 heavy (non-hydrogen) atoms. The van der Waals surface area contributed by atoms with Gasteiger partial charge in [0.15, 0.2) is 5.78 Å². The summed E-state index contributed by atoms with van der Waals surface area (Å²) in [4.78, 5) is 22.0. The SMILES string of the molecule is C=CC(=O)COCCC=CCCCC(=O)CCC. The number of ketones is 2. The van der Waals surface area contributed by atoms with Crippen molar-refractivity contribution in [3.8, 4) is 0 Å². The zero-order valence-corrected chi connectivity index (χ0v) is 11.3. The molecule has 0 N–H and O–H groups in total. The van der Waals surface area contributed by atoms with Crippen LogP contribution in [0.5, 0.6) is 0 Å². The van der Waals surface area contributed by atoms with Crippen LogP contribution in [0, 0.1) is 0 Å². The maximum atomic E-state index is 11.2. The first kappa shape index (κ1) is 16.8. The fraction of sp³-hybridized carbons (Fsp3) is 0.600. The highest BCUT2D eigenvalue weighted by atomic mass is 16.5. The van der Waals surface area contributed by atoms with Gasteiger partial charge in [0.25, 0.3) is 0 Å². The number of allylic oxidation sites excluding steroid dienone is 1. The Morgan fingerprint density at radius 1 is 1.17 bits per heavy atom. The van der Waals surface area contributed by atoms with Gasteiger partial charge in [-0.15, -0.1) is 0 Å². The summed E-state index contributed by atoms with van der Waals surface area (Å²) >= 11 is 0. The molecule has 0 aliphatic heterocycles. The summed E-state index contributed by atoms with van der Waals surface area (Å²) < 4.78 is 5.14. The number of carbonyl (C=O) groups is 2. The quantitative estimate of drug-likeness (QED) is 0.304. The molecule has 0 heterocycles. The molecule has 0 rings (SSSR count). The molecule has 0 spiro atoms. The van der Waals surface area contributed by atoms with E-state index >= 15 is 0 Å². The minimum Gasteiger partial charge on any atom is -0.373 e. The van der Waals surface area contributed by atoms with Gasteiger partial charge in [0.1, 0.15) is 12.4 Å². The van der Waals surface area contributed by atoms with Crippen molar-refractivity contribution in [1.82, 2.24) is 0 Å². The Kier molecular flexibility index (Phi) is 11.4. The van der Waals surface area contributed by atoms with E-state index in [0.29, 0.717) is 25.2 Å². The summed E-state index contributed by atoms with van der Waals surface area (Å²) in [7, 11) is 0. The van der Waals surface area contributed by atoms with Gasteiger partial charge >= 0.3 is 0 Å². The first-order chi connectivity index (χ1) is 8.70. The molecular formula is C15H24O3. The largest absolute Gasteiger partial charge is 0.373 e. The van der Waals surface area contributed by atoms with Crippen molar-refractivity contribution in [2.24, 2.45) is 0 Å². The molecule has 0 bridgehead atoms. The molecular weight excluding hydrogens is 228 g/mol. The lowest BCUT2D eigenvalue weighted by molar-refractivity contribution is -0.119. The molecule has 0 radical (unpaired) electrons. The van der Waals surface area contributed by atoms with Crippen LogP contribution in [-0.4, -0.2) is 24.8 Å². The van der Waals surface area contributed by atoms with Gasteiger partial charge in [-0.2, -0.15) is 0 Å². The summed E-state index contributed by atoms with van der Waals surface area (Å²) in [6, 6.07) is 0. The first-order valence-corrected chi connectivity index (χ1v) is 6.60. The summed E-state index contributed by atoms with van der Waals surface area (Å²) in [6.45, 7) is 6.05. The summed E-state index contributed by atoms with van der Waals surface area (Å²) in [5, 5.41) is 0. The van der Waals surface area contributed by atoms with Crippen molar-refractivity contribution < 1.29 is 14.3 Å². The fourth-order valence-corrected chi connectivity index (χ4v) is 1.44. The van der Waals surface area contributed by atoms with Gasteiger partial charge in [-0.25, -0.2) is 0 Å². The van der Waals surface area contributed by atoms with Crippen molar-refractivity contribution in [3.05, 3.63) is 24.8 Å². The first-order valence-electron chi connectivity index (χ1n) is 6.60. The van der Waals surface area contributed by atoms with Crippen molar-refractivity contribution in [1.29, 1.82) is 0 Å². The second kappa shape index (κ2) is 12.2. The van der Waals surface area contributed by atoms with E-state index in [0.717, 1.165) is 25.7 Å². The second-order valence-corrected chi connectivity index (χ2v) is 4.16. The highest BCUT2D eigenvalue weighted by Crippen LogP contribution is 2.02. The van der Waals surface area contributed by atoms with Crippen LogP contribution in [-0.2, 0) is 14.3 Å². The maximum absolute atomic E-state index is 11.2. The number of hydrogen-bond donors (Lipinski definition) is 0. The number of unbranched alkanes of at least 4 members (excludes halogenated alkanes) is 1. The molecule has 0 saturated carbocycles. The van der Waals surface area contributed by atoms with E-state index in [9.17, 15) is 9.59 Å². The van der Waals surface area contributed by atoms with Crippen molar-refractivity contribution in [3.63, 3.8) is 0 Å². The van der Waals surface area contributed by atoms with Crippen molar-refractivity contribution >= 4 is 11.6 Å². The lowest BCUT2D eigenvalue weighted by Crippen LogP contribution is -2.05. The molecule has 0 fully saturated rings. The van der Waals surface area contributed by atoms with Crippen LogP contribution in [0.25, 0.3) is 0 Å². The summed E-state index contributed by atoms with van der Waals surface area (Å²) in [6.07, 6.45) is 10.3. The Morgan fingerprint density at radius 3 is 2.56 bits per heavy atom. The third-order valence-corrected chi connectivity index (χ3v) is 2.42. The Hall–Kier alpha value is -1.22. The van der Waals surface area contributed by atoms with Gasteiger partial charge in [-0.3, -0.25) is 9.59 Å². The van der Waals surface area contributed by atoms with Crippen LogP contribution in [0.3, 0.4) is 0 Å². The topological polar surface area (TPSA) is 43.4 Å². The standard InChI is InChI=1S/C15H24O3/c1-3-10-15(17)11-8-6-5-7-9-12-18-13-14(16)4-2/h4-5,7H,2-3,6,8-13H2,1H3. The van der Waals surface area contributed by atoms with Crippen LogP contribution in [0.2, 0.25) is 0 Å². The molecule has 0 aromatic heterocycles. The Balaban J connectivity index is 3.31. The zero-order chi connectivity index (χ0) is 13.6. The van der Waals surface area contributed by atoms with Gasteiger partial charge < -0.3 is 4.74 Å². The van der Waals surface area contributed by atoms with Crippen LogP contribution < -0.4 is 0 Å². The van der Waals surface area contributed by atoms with E-state index in [1.165, 1.54) is 6.08 Å². The average molecular weight is 252 g/mol. The predicted molar refractivity (Wildman–Crippen MR) is 73.5 cm³/mol. The molecule has 3 heteroatoms. The summed E-state index contributed by atoms with van der Waals surface area (Å²) in [5.41, 5.74) is 0. The molecule has 3 nitrogen and oxygen atoms in total. The minimum atomic E-state index is -0.0894. The molecule has 0 amide bonds. The Bertz CT molecular complexity index is 279. The van der Waals surface area contributed by atoms with Crippen LogP contribution in [0.15, 0.2) is 24.8 Å². The van der Waals surface area contributed by atoms with E-state index in [1.54, 1.807) is 0 Å². The average Bonchev–Trinajstić information content (AvgIpc) is 2.36. The van der Waals surface area contributed by atoms with E-state index in [4.69, 9.17) is 4.74 Å². The van der Waals surface area contributed by atoms with E-state index in [1.807, 2.05) is 13.0 Å². The molecule has 0 saturated heterocycles. The van der Waals surface area contributed by atoms with Crippen LogP contribution in [0.4, 0.5) is 0 Å². The number of rotatable bonds is 12. The molecule has 102 valence electrons. The third-order valence-electron chi connectivity index (χ3n) is 2.42. The van der Waals surface area contributed by atoms with Gasteiger partial charge in [0.05, 0.1) is 6.61 Å². The second-order valence-electron chi connectivity index (χ2n) is 4.16. The predicted octanol–water partition coefficient (Wildman–Crippen LogP) is 3.24. The molecule has 0 aliphatic rings. The molecule has 0 aliphatic carbocycles. The van der Waals surface area contributed by atoms with E-state index in [2.05, 4.69) is 12.7 Å². The zero-order valence-electron chi connectivity index (χ0n) is 11.3. The van der Waals surface area contributed by atoms with E-state index < -0.39 is 0 Å². The number of hydrogen-bond acceptors (Lipinski definition) is 3. The smallest absolute Gasteiger partial charge is 0.180 e. The molecule has 0 aromatic rings. The van der Waals surface area contributed by atoms with Gasteiger partial charge in [0, 0.05) is 12.8 Å². The number of Topliss-reactive ketones (excluding diaryl/α,β-unsaturated/α-hetero) is 1. The highest BCUT2D eigenvalue weighted by molar-refractivity contribution is 5.90. The molecule has 0 unspecified atom stereocenters. The van der Waals surface area contributed by atoms with Crippen LogP contribution in [0.1, 0.15) is 45.4 Å². The minimum absolute atomic E-state index is 0.0894. The maximum Gasteiger partial charge on any atom is 0.180 e. The van der Waals surface area contributed by atoms with E-state index in [-0.39, 0.29) is 12.4 Å². The monoisotopic (exact) mass is 252 g/mol. The molecule has 0 aromatic carbocycles. The fourth-order valence-electron chi connectivity index (χ4n) is 1.44. The Labute approximate surface area is 110 Å². The molecule has 0 atom stereocenters.